The molecule has 1 fully saturated rings. The van der Waals surface area contributed by atoms with Gasteiger partial charge in [0.25, 0.3) is 11.8 Å². The molecule has 4 rings (SSSR count). The van der Waals surface area contributed by atoms with E-state index in [1.807, 2.05) is 0 Å². The Labute approximate surface area is 179 Å². The average Bonchev–Trinajstić information content (AvgIpc) is 3.24. The summed E-state index contributed by atoms with van der Waals surface area (Å²) in [6.45, 7) is 0.336. The molecule has 2 aromatic rings. The molecule has 2 amide bonds. The van der Waals surface area contributed by atoms with E-state index < -0.39 is 27.8 Å². The van der Waals surface area contributed by atoms with E-state index in [0.717, 1.165) is 4.90 Å². The van der Waals surface area contributed by atoms with E-state index in [-0.39, 0.29) is 18.9 Å². The smallest absolute Gasteiger partial charge is 0.330 e. The van der Waals surface area contributed by atoms with Crippen molar-refractivity contribution < 1.29 is 27.5 Å². The zero-order valence-electron chi connectivity index (χ0n) is 16.6. The highest BCUT2D eigenvalue weighted by molar-refractivity contribution is 7.93. The van der Waals surface area contributed by atoms with Crippen LogP contribution in [0.1, 0.15) is 32.7 Å². The number of rotatable bonds is 6. The van der Waals surface area contributed by atoms with Crippen LogP contribution >= 0.6 is 0 Å². The highest BCUT2D eigenvalue weighted by atomic mass is 32.2. The molecular weight excluding hydrogens is 420 g/mol. The maximum absolute atomic E-state index is 12.3. The van der Waals surface area contributed by atoms with Gasteiger partial charge in [0.15, 0.2) is 0 Å². The zero-order valence-corrected chi connectivity index (χ0v) is 17.4. The number of benzene rings is 2. The van der Waals surface area contributed by atoms with Crippen LogP contribution < -0.4 is 4.31 Å². The van der Waals surface area contributed by atoms with Gasteiger partial charge in [-0.15, -0.1) is 0 Å². The number of hydrogen-bond acceptors (Lipinski definition) is 6. The Bertz CT molecular complexity index is 1140. The fraction of sp³-hybridized carbons (Fsp3) is 0.227. The van der Waals surface area contributed by atoms with Crippen molar-refractivity contribution >= 4 is 39.6 Å². The zero-order chi connectivity index (χ0) is 22.0. The van der Waals surface area contributed by atoms with E-state index >= 15 is 0 Å². The average molecular weight is 440 g/mol. The topological polar surface area (TPSA) is 101 Å². The van der Waals surface area contributed by atoms with Crippen LogP contribution in [0.2, 0.25) is 0 Å². The lowest BCUT2D eigenvalue weighted by Crippen LogP contribution is -2.33. The molecule has 2 heterocycles. The van der Waals surface area contributed by atoms with E-state index in [4.69, 9.17) is 4.74 Å². The Hall–Kier alpha value is -3.46. The van der Waals surface area contributed by atoms with E-state index in [1.165, 1.54) is 10.4 Å². The molecule has 0 atom stereocenters. The summed E-state index contributed by atoms with van der Waals surface area (Å²) < 4.78 is 30.4. The first-order valence-electron chi connectivity index (χ1n) is 9.77. The first-order chi connectivity index (χ1) is 14.9. The summed E-state index contributed by atoms with van der Waals surface area (Å²) >= 11 is 0. The number of sulfonamides is 1. The van der Waals surface area contributed by atoms with Crippen molar-refractivity contribution in [1.29, 1.82) is 0 Å². The number of amides is 2. The minimum absolute atomic E-state index is 0.0229. The predicted octanol–water partition coefficient (Wildman–Crippen LogP) is 2.08. The van der Waals surface area contributed by atoms with Crippen molar-refractivity contribution in [1.82, 2.24) is 4.90 Å². The highest BCUT2D eigenvalue weighted by Gasteiger charge is 2.34. The molecule has 160 valence electrons. The summed E-state index contributed by atoms with van der Waals surface area (Å²) in [6, 6.07) is 13.4. The Morgan fingerprint density at radius 3 is 2.23 bits per heavy atom. The van der Waals surface area contributed by atoms with E-state index in [2.05, 4.69) is 0 Å². The third kappa shape index (κ3) is 4.22. The lowest BCUT2D eigenvalue weighted by atomic mass is 10.1. The van der Waals surface area contributed by atoms with Gasteiger partial charge in [-0.2, -0.15) is 0 Å². The number of esters is 1. The van der Waals surface area contributed by atoms with Crippen molar-refractivity contribution in [2.75, 3.05) is 29.8 Å². The molecule has 2 aliphatic heterocycles. The van der Waals surface area contributed by atoms with E-state index in [0.29, 0.717) is 35.3 Å². The third-order valence-electron chi connectivity index (χ3n) is 5.13. The van der Waals surface area contributed by atoms with Gasteiger partial charge in [0.05, 0.1) is 29.1 Å². The van der Waals surface area contributed by atoms with Gasteiger partial charge in [0.1, 0.15) is 6.61 Å². The molecule has 31 heavy (non-hydrogen) atoms. The van der Waals surface area contributed by atoms with Crippen LogP contribution in [0.25, 0.3) is 6.08 Å². The molecule has 9 heteroatoms. The Morgan fingerprint density at radius 1 is 1.00 bits per heavy atom. The summed E-state index contributed by atoms with van der Waals surface area (Å²) in [5.41, 5.74) is 2.00. The summed E-state index contributed by atoms with van der Waals surface area (Å²) in [7, 11) is -3.23. The van der Waals surface area contributed by atoms with Crippen LogP contribution in [0.15, 0.2) is 54.6 Å². The Morgan fingerprint density at radius 2 is 1.65 bits per heavy atom. The van der Waals surface area contributed by atoms with Gasteiger partial charge in [0.2, 0.25) is 10.0 Å². The number of carbonyl (C=O) groups excluding carboxylic acids is 3. The molecule has 0 aromatic heterocycles. The van der Waals surface area contributed by atoms with Crippen LogP contribution in [0, 0.1) is 0 Å². The predicted molar refractivity (Wildman–Crippen MR) is 114 cm³/mol. The number of hydrogen-bond donors (Lipinski definition) is 0. The van der Waals surface area contributed by atoms with Crippen LogP contribution in [0.5, 0.6) is 0 Å². The second-order valence-electron chi connectivity index (χ2n) is 7.14. The summed E-state index contributed by atoms with van der Waals surface area (Å²) in [4.78, 5) is 37.5. The van der Waals surface area contributed by atoms with Gasteiger partial charge >= 0.3 is 5.97 Å². The number of nitrogens with zero attached hydrogens (tertiary/aromatic N) is 2. The van der Waals surface area contributed by atoms with Crippen molar-refractivity contribution in [2.45, 2.75) is 6.42 Å². The second-order valence-corrected chi connectivity index (χ2v) is 9.15. The number of fused-ring (bicyclic) bond motifs is 1. The standard InChI is InChI=1S/C22H20N2O6S/c25-20(30-14-13-23-21(26)18-4-1-2-5-19(18)22(23)27)11-8-16-6-9-17(10-7-16)24-12-3-15-31(24,28)29/h1-2,4-11H,3,12-15H2/b11-8+. The molecule has 2 aliphatic rings. The van der Waals surface area contributed by atoms with E-state index in [1.54, 1.807) is 54.6 Å². The van der Waals surface area contributed by atoms with Crippen LogP contribution in [0.3, 0.4) is 0 Å². The molecule has 2 aromatic carbocycles. The second kappa shape index (κ2) is 8.35. The first kappa shape index (κ1) is 20.8. The largest absolute Gasteiger partial charge is 0.461 e. The summed E-state index contributed by atoms with van der Waals surface area (Å²) in [5.74, 6) is -1.25. The van der Waals surface area contributed by atoms with Crippen molar-refractivity contribution in [3.05, 3.63) is 71.3 Å². The van der Waals surface area contributed by atoms with Crippen LogP contribution in [0.4, 0.5) is 5.69 Å². The lowest BCUT2D eigenvalue weighted by molar-refractivity contribution is -0.137. The van der Waals surface area contributed by atoms with Crippen LogP contribution in [-0.4, -0.2) is 56.6 Å². The molecule has 0 radical (unpaired) electrons. The Kier molecular flexibility index (Phi) is 5.60. The van der Waals surface area contributed by atoms with Gasteiger partial charge in [0, 0.05) is 12.6 Å². The number of imide groups is 1. The summed E-state index contributed by atoms with van der Waals surface area (Å²) in [6.07, 6.45) is 3.40. The summed E-state index contributed by atoms with van der Waals surface area (Å²) in [5, 5.41) is 0. The highest BCUT2D eigenvalue weighted by Crippen LogP contribution is 2.24. The monoisotopic (exact) mass is 440 g/mol. The molecule has 0 bridgehead atoms. The quantitative estimate of drug-likeness (QED) is 0.387. The van der Waals surface area contributed by atoms with Gasteiger partial charge in [-0.05, 0) is 42.3 Å². The number of carbonyl (C=O) groups is 3. The fourth-order valence-corrected chi connectivity index (χ4v) is 5.14. The maximum Gasteiger partial charge on any atom is 0.330 e. The van der Waals surface area contributed by atoms with Gasteiger partial charge in [-0.1, -0.05) is 24.3 Å². The van der Waals surface area contributed by atoms with Gasteiger partial charge in [-0.3, -0.25) is 18.8 Å². The molecule has 8 nitrogen and oxygen atoms in total. The van der Waals surface area contributed by atoms with E-state index in [9.17, 15) is 22.8 Å². The minimum Gasteiger partial charge on any atom is -0.461 e. The lowest BCUT2D eigenvalue weighted by Gasteiger charge is -2.16. The third-order valence-corrected chi connectivity index (χ3v) is 7.00. The van der Waals surface area contributed by atoms with Crippen molar-refractivity contribution in [2.24, 2.45) is 0 Å². The number of anilines is 1. The molecular formula is C22H20N2O6S. The van der Waals surface area contributed by atoms with Gasteiger partial charge in [-0.25, -0.2) is 13.2 Å². The maximum atomic E-state index is 12.3. The molecule has 0 unspecified atom stereocenters. The fourth-order valence-electron chi connectivity index (χ4n) is 3.57. The minimum atomic E-state index is -3.23. The van der Waals surface area contributed by atoms with Crippen LogP contribution in [-0.2, 0) is 19.6 Å². The first-order valence-corrected chi connectivity index (χ1v) is 11.4. The molecule has 0 aliphatic carbocycles. The Balaban J connectivity index is 1.29. The SMILES string of the molecule is O=C(/C=C/c1ccc(N2CCCS2(=O)=O)cc1)OCCN1C(=O)c2ccccc2C1=O. The molecule has 0 spiro atoms. The molecule has 1 saturated heterocycles. The normalized spacial score (nSPS) is 17.4. The van der Waals surface area contributed by atoms with Crippen molar-refractivity contribution in [3.8, 4) is 0 Å². The number of ether oxygens (including phenoxy) is 1. The van der Waals surface area contributed by atoms with Gasteiger partial charge < -0.3 is 4.74 Å². The molecule has 0 saturated carbocycles. The molecule has 0 N–H and O–H groups in total. The van der Waals surface area contributed by atoms with Crippen molar-refractivity contribution in [3.63, 3.8) is 0 Å².